The molecule has 3 rings (SSSR count). The van der Waals surface area contributed by atoms with E-state index >= 15 is 0 Å². The number of nitrogens with one attached hydrogen (secondary N) is 1. The van der Waals surface area contributed by atoms with Gasteiger partial charge in [-0.15, -0.1) is 0 Å². The van der Waals surface area contributed by atoms with Crippen molar-refractivity contribution >= 4 is 11.8 Å². The van der Waals surface area contributed by atoms with Gasteiger partial charge in [0.15, 0.2) is 0 Å². The average Bonchev–Trinajstić information content (AvgIpc) is 2.88. The predicted molar refractivity (Wildman–Crippen MR) is 63.4 cm³/mol. The van der Waals surface area contributed by atoms with E-state index in [2.05, 4.69) is 5.32 Å². The van der Waals surface area contributed by atoms with Gasteiger partial charge in [-0.2, -0.15) is 0 Å². The first-order valence-corrected chi connectivity index (χ1v) is 6.36. The van der Waals surface area contributed by atoms with Gasteiger partial charge in [0.1, 0.15) is 11.8 Å². The molecule has 2 fully saturated rings. The summed E-state index contributed by atoms with van der Waals surface area (Å²) in [6, 6.07) is 3.61. The average molecular weight is 248 g/mol. The monoisotopic (exact) mass is 248 g/mol. The molecule has 1 aromatic heterocycles. The van der Waals surface area contributed by atoms with Crippen LogP contribution in [0.3, 0.4) is 0 Å². The molecule has 2 heterocycles. The van der Waals surface area contributed by atoms with Crippen molar-refractivity contribution in [1.82, 2.24) is 10.2 Å². The minimum absolute atomic E-state index is 0.0186. The molecule has 1 aliphatic carbocycles. The highest BCUT2D eigenvalue weighted by molar-refractivity contribution is 5.91. The van der Waals surface area contributed by atoms with E-state index in [4.69, 9.17) is 4.42 Å². The van der Waals surface area contributed by atoms with Crippen LogP contribution >= 0.6 is 0 Å². The Morgan fingerprint density at radius 3 is 2.94 bits per heavy atom. The Kier molecular flexibility index (Phi) is 2.81. The minimum Gasteiger partial charge on any atom is -0.467 e. The largest absolute Gasteiger partial charge is 0.467 e. The molecule has 18 heavy (non-hydrogen) atoms. The molecule has 96 valence electrons. The van der Waals surface area contributed by atoms with Crippen molar-refractivity contribution in [3.8, 4) is 0 Å². The Labute approximate surface area is 105 Å². The molecule has 1 aromatic rings. The summed E-state index contributed by atoms with van der Waals surface area (Å²) in [4.78, 5) is 25.5. The number of rotatable bonds is 4. The SMILES string of the molecule is O=C(NC1CC1)[C@H]1CCC(=O)N1Cc1ccco1. The van der Waals surface area contributed by atoms with Gasteiger partial charge in [0.05, 0.1) is 12.8 Å². The lowest BCUT2D eigenvalue weighted by atomic mass is 10.2. The molecule has 0 radical (unpaired) electrons. The highest BCUT2D eigenvalue weighted by atomic mass is 16.3. The predicted octanol–water partition coefficient (Wildman–Crippen LogP) is 1.05. The van der Waals surface area contributed by atoms with E-state index in [-0.39, 0.29) is 17.9 Å². The number of carbonyl (C=O) groups is 2. The van der Waals surface area contributed by atoms with Crippen molar-refractivity contribution in [2.75, 3.05) is 0 Å². The van der Waals surface area contributed by atoms with Crippen molar-refractivity contribution in [1.29, 1.82) is 0 Å². The lowest BCUT2D eigenvalue weighted by Gasteiger charge is -2.23. The molecular weight excluding hydrogens is 232 g/mol. The molecular formula is C13H16N2O3. The van der Waals surface area contributed by atoms with Crippen LogP contribution in [0.2, 0.25) is 0 Å². The maximum absolute atomic E-state index is 12.0. The van der Waals surface area contributed by atoms with Gasteiger partial charge in [0.25, 0.3) is 0 Å². The number of likely N-dealkylation sites (tertiary alicyclic amines) is 1. The third-order valence-corrected chi connectivity index (χ3v) is 3.46. The molecule has 5 nitrogen and oxygen atoms in total. The van der Waals surface area contributed by atoms with E-state index in [1.54, 1.807) is 17.2 Å². The highest BCUT2D eigenvalue weighted by Gasteiger charge is 2.38. The first kappa shape index (κ1) is 11.3. The molecule has 1 N–H and O–H groups in total. The van der Waals surface area contributed by atoms with E-state index in [1.165, 1.54) is 0 Å². The smallest absolute Gasteiger partial charge is 0.243 e. The zero-order valence-corrected chi connectivity index (χ0v) is 10.1. The zero-order valence-electron chi connectivity index (χ0n) is 10.1. The molecule has 2 aliphatic rings. The number of carbonyl (C=O) groups excluding carboxylic acids is 2. The Hall–Kier alpha value is -1.78. The molecule has 1 atom stereocenters. The molecule has 1 saturated carbocycles. The summed E-state index contributed by atoms with van der Waals surface area (Å²) in [6.45, 7) is 0.384. The van der Waals surface area contributed by atoms with Crippen molar-refractivity contribution in [3.05, 3.63) is 24.2 Å². The Morgan fingerprint density at radius 2 is 2.28 bits per heavy atom. The fourth-order valence-corrected chi connectivity index (χ4v) is 2.30. The fourth-order valence-electron chi connectivity index (χ4n) is 2.30. The summed E-state index contributed by atoms with van der Waals surface area (Å²) in [5.74, 6) is 0.728. The second-order valence-electron chi connectivity index (χ2n) is 4.94. The lowest BCUT2D eigenvalue weighted by molar-refractivity contribution is -0.136. The molecule has 2 amide bonds. The second-order valence-corrected chi connectivity index (χ2v) is 4.94. The van der Waals surface area contributed by atoms with Gasteiger partial charge in [-0.05, 0) is 31.4 Å². The molecule has 1 aliphatic heterocycles. The first-order valence-electron chi connectivity index (χ1n) is 6.36. The normalized spacial score (nSPS) is 23.4. The van der Waals surface area contributed by atoms with Crippen LogP contribution in [0.1, 0.15) is 31.4 Å². The summed E-state index contributed by atoms with van der Waals surface area (Å²) in [5, 5.41) is 2.96. The Morgan fingerprint density at radius 1 is 1.44 bits per heavy atom. The number of hydrogen-bond donors (Lipinski definition) is 1. The van der Waals surface area contributed by atoms with Gasteiger partial charge in [0, 0.05) is 12.5 Å². The van der Waals surface area contributed by atoms with Crippen LogP contribution in [0.4, 0.5) is 0 Å². The second kappa shape index (κ2) is 4.48. The highest BCUT2D eigenvalue weighted by Crippen LogP contribution is 2.24. The van der Waals surface area contributed by atoms with Gasteiger partial charge < -0.3 is 14.6 Å². The maximum Gasteiger partial charge on any atom is 0.243 e. The van der Waals surface area contributed by atoms with Crippen LogP contribution in [-0.2, 0) is 16.1 Å². The van der Waals surface area contributed by atoms with Gasteiger partial charge >= 0.3 is 0 Å². The number of furan rings is 1. The Bertz CT molecular complexity index is 451. The van der Waals surface area contributed by atoms with E-state index < -0.39 is 0 Å². The van der Waals surface area contributed by atoms with E-state index in [0.717, 1.165) is 18.6 Å². The minimum atomic E-state index is -0.330. The third kappa shape index (κ3) is 2.25. The van der Waals surface area contributed by atoms with Gasteiger partial charge in [-0.25, -0.2) is 0 Å². The number of nitrogens with zero attached hydrogens (tertiary/aromatic N) is 1. The number of hydrogen-bond acceptors (Lipinski definition) is 3. The third-order valence-electron chi connectivity index (χ3n) is 3.46. The van der Waals surface area contributed by atoms with Crippen molar-refractivity contribution in [3.63, 3.8) is 0 Å². The van der Waals surface area contributed by atoms with E-state index in [1.807, 2.05) is 6.07 Å². The van der Waals surface area contributed by atoms with Crippen LogP contribution < -0.4 is 5.32 Å². The standard InChI is InChI=1S/C13H16N2O3/c16-12-6-5-11(13(17)14-9-3-4-9)15(12)8-10-2-1-7-18-10/h1-2,7,9,11H,3-6,8H2,(H,14,17)/t11-/m1/s1. The van der Waals surface area contributed by atoms with Gasteiger partial charge in [-0.3, -0.25) is 9.59 Å². The quantitative estimate of drug-likeness (QED) is 0.866. The molecule has 0 spiro atoms. The van der Waals surface area contributed by atoms with Crippen LogP contribution in [0, 0.1) is 0 Å². The summed E-state index contributed by atoms with van der Waals surface area (Å²) < 4.78 is 5.24. The van der Waals surface area contributed by atoms with Crippen LogP contribution in [0.5, 0.6) is 0 Å². The summed E-state index contributed by atoms with van der Waals surface area (Å²) in [6.07, 6.45) is 4.76. The lowest BCUT2D eigenvalue weighted by Crippen LogP contribution is -2.44. The van der Waals surface area contributed by atoms with Crippen molar-refractivity contribution < 1.29 is 14.0 Å². The molecule has 5 heteroatoms. The first-order chi connectivity index (χ1) is 8.74. The van der Waals surface area contributed by atoms with Crippen LogP contribution in [0.25, 0.3) is 0 Å². The van der Waals surface area contributed by atoms with E-state index in [9.17, 15) is 9.59 Å². The molecule has 0 aromatic carbocycles. The summed E-state index contributed by atoms with van der Waals surface area (Å²) in [5.41, 5.74) is 0. The molecule has 0 unspecified atom stereocenters. The molecule has 1 saturated heterocycles. The van der Waals surface area contributed by atoms with Crippen LogP contribution in [-0.4, -0.2) is 28.8 Å². The van der Waals surface area contributed by atoms with Gasteiger partial charge in [0.2, 0.25) is 11.8 Å². The summed E-state index contributed by atoms with van der Waals surface area (Å²) >= 11 is 0. The maximum atomic E-state index is 12.0. The molecule has 0 bridgehead atoms. The topological polar surface area (TPSA) is 62.6 Å². The number of amides is 2. The van der Waals surface area contributed by atoms with Crippen molar-refractivity contribution in [2.24, 2.45) is 0 Å². The zero-order chi connectivity index (χ0) is 12.5. The van der Waals surface area contributed by atoms with Gasteiger partial charge in [-0.1, -0.05) is 0 Å². The Balaban J connectivity index is 1.68. The van der Waals surface area contributed by atoms with Crippen molar-refractivity contribution in [2.45, 2.75) is 44.3 Å². The van der Waals surface area contributed by atoms with Crippen LogP contribution in [0.15, 0.2) is 22.8 Å². The summed E-state index contributed by atoms with van der Waals surface area (Å²) in [7, 11) is 0. The fraction of sp³-hybridized carbons (Fsp3) is 0.538. The van der Waals surface area contributed by atoms with E-state index in [0.29, 0.717) is 25.4 Å².